The lowest BCUT2D eigenvalue weighted by atomic mass is 10.1. The molecule has 0 amide bonds. The molecular formula is C10H11BrO3. The third kappa shape index (κ3) is 3.38. The molecule has 0 saturated carbocycles. The van der Waals surface area contributed by atoms with Crippen LogP contribution in [0.5, 0.6) is 5.75 Å². The van der Waals surface area contributed by atoms with Crippen molar-refractivity contribution >= 4 is 21.9 Å². The smallest absolute Gasteiger partial charge is 0.303 e. The second-order valence-corrected chi connectivity index (χ2v) is 3.94. The van der Waals surface area contributed by atoms with Crippen molar-refractivity contribution in [1.82, 2.24) is 0 Å². The van der Waals surface area contributed by atoms with Gasteiger partial charge in [0.15, 0.2) is 0 Å². The van der Waals surface area contributed by atoms with Crippen LogP contribution in [0, 0.1) is 0 Å². The van der Waals surface area contributed by atoms with Gasteiger partial charge in [0.2, 0.25) is 0 Å². The summed E-state index contributed by atoms with van der Waals surface area (Å²) in [5.74, 6) is -0.591. The Morgan fingerprint density at radius 1 is 1.43 bits per heavy atom. The molecule has 4 heteroatoms. The molecule has 3 nitrogen and oxygen atoms in total. The van der Waals surface area contributed by atoms with E-state index in [1.165, 1.54) is 0 Å². The van der Waals surface area contributed by atoms with Crippen LogP contribution in [0.1, 0.15) is 18.4 Å². The molecule has 2 N–H and O–H groups in total. The van der Waals surface area contributed by atoms with Crippen molar-refractivity contribution in [2.75, 3.05) is 0 Å². The molecule has 0 radical (unpaired) electrons. The Labute approximate surface area is 90.5 Å². The van der Waals surface area contributed by atoms with Gasteiger partial charge in [0.1, 0.15) is 5.75 Å². The molecule has 0 aliphatic carbocycles. The molecule has 0 bridgehead atoms. The van der Waals surface area contributed by atoms with Crippen LogP contribution < -0.4 is 0 Å². The van der Waals surface area contributed by atoms with Crippen LogP contribution in [-0.2, 0) is 11.2 Å². The molecule has 0 saturated heterocycles. The maximum atomic E-state index is 10.3. The Bertz CT molecular complexity index is 336. The number of aryl methyl sites for hydroxylation is 1. The van der Waals surface area contributed by atoms with E-state index in [9.17, 15) is 9.90 Å². The molecule has 0 aliphatic rings. The third-order valence-electron chi connectivity index (χ3n) is 1.88. The lowest BCUT2D eigenvalue weighted by Crippen LogP contribution is -1.96. The van der Waals surface area contributed by atoms with Crippen LogP contribution in [0.3, 0.4) is 0 Å². The fourth-order valence-electron chi connectivity index (χ4n) is 1.18. The fraction of sp³-hybridized carbons (Fsp3) is 0.300. The largest absolute Gasteiger partial charge is 0.508 e. The number of hydrogen-bond acceptors (Lipinski definition) is 2. The number of phenols is 1. The zero-order valence-electron chi connectivity index (χ0n) is 7.53. The van der Waals surface area contributed by atoms with Crippen molar-refractivity contribution in [2.45, 2.75) is 19.3 Å². The predicted octanol–water partition coefficient (Wildman–Crippen LogP) is 2.56. The van der Waals surface area contributed by atoms with Gasteiger partial charge in [-0.2, -0.15) is 0 Å². The van der Waals surface area contributed by atoms with E-state index < -0.39 is 5.97 Å². The van der Waals surface area contributed by atoms with E-state index in [1.807, 2.05) is 6.07 Å². The molecule has 0 fully saturated rings. The SMILES string of the molecule is O=C(O)CCCc1ccc(Br)cc1O. The average Bonchev–Trinajstić information content (AvgIpc) is 2.08. The van der Waals surface area contributed by atoms with Gasteiger partial charge in [-0.25, -0.2) is 0 Å². The quantitative estimate of drug-likeness (QED) is 0.873. The number of aliphatic carboxylic acids is 1. The summed E-state index contributed by atoms with van der Waals surface area (Å²) in [6.45, 7) is 0. The van der Waals surface area contributed by atoms with E-state index in [4.69, 9.17) is 5.11 Å². The van der Waals surface area contributed by atoms with E-state index >= 15 is 0 Å². The molecule has 0 aliphatic heterocycles. The Hall–Kier alpha value is -1.03. The highest BCUT2D eigenvalue weighted by Gasteiger charge is 2.03. The first-order valence-electron chi connectivity index (χ1n) is 4.29. The van der Waals surface area contributed by atoms with Crippen LogP contribution in [-0.4, -0.2) is 16.2 Å². The van der Waals surface area contributed by atoms with Crippen LogP contribution in [0.4, 0.5) is 0 Å². The molecule has 1 aromatic rings. The van der Waals surface area contributed by atoms with Gasteiger partial charge in [-0.3, -0.25) is 4.79 Å². The molecule has 0 atom stereocenters. The summed E-state index contributed by atoms with van der Waals surface area (Å²) < 4.78 is 0.817. The van der Waals surface area contributed by atoms with Crippen LogP contribution in [0.25, 0.3) is 0 Å². The number of carbonyl (C=O) groups is 1. The first-order chi connectivity index (χ1) is 6.59. The minimum absolute atomic E-state index is 0.134. The van der Waals surface area contributed by atoms with Crippen LogP contribution >= 0.6 is 15.9 Å². The summed E-state index contributed by atoms with van der Waals surface area (Å²) in [7, 11) is 0. The van der Waals surface area contributed by atoms with Crippen molar-refractivity contribution in [3.63, 3.8) is 0 Å². The highest BCUT2D eigenvalue weighted by Crippen LogP contribution is 2.23. The molecule has 0 aromatic heterocycles. The van der Waals surface area contributed by atoms with Crippen molar-refractivity contribution in [2.24, 2.45) is 0 Å². The standard InChI is InChI=1S/C10H11BrO3/c11-8-5-4-7(9(12)6-8)2-1-3-10(13)14/h4-6,12H,1-3H2,(H,13,14). The number of rotatable bonds is 4. The lowest BCUT2D eigenvalue weighted by molar-refractivity contribution is -0.137. The second-order valence-electron chi connectivity index (χ2n) is 3.02. The van der Waals surface area contributed by atoms with Crippen molar-refractivity contribution < 1.29 is 15.0 Å². The fourth-order valence-corrected chi connectivity index (χ4v) is 1.53. The molecular weight excluding hydrogens is 248 g/mol. The number of phenolic OH excluding ortho intramolecular Hbond substituents is 1. The van der Waals surface area contributed by atoms with Gasteiger partial charge in [0, 0.05) is 10.9 Å². The number of halogens is 1. The lowest BCUT2D eigenvalue weighted by Gasteiger charge is -2.03. The van der Waals surface area contributed by atoms with E-state index in [2.05, 4.69) is 15.9 Å². The first kappa shape index (κ1) is 11.0. The zero-order chi connectivity index (χ0) is 10.6. The highest BCUT2D eigenvalue weighted by atomic mass is 79.9. The van der Waals surface area contributed by atoms with Crippen molar-refractivity contribution in [1.29, 1.82) is 0 Å². The van der Waals surface area contributed by atoms with E-state index in [1.54, 1.807) is 12.1 Å². The van der Waals surface area contributed by atoms with Gasteiger partial charge in [0.05, 0.1) is 0 Å². The Kier molecular flexibility index (Phi) is 3.95. The number of carboxylic acids is 1. The van der Waals surface area contributed by atoms with Crippen LogP contribution in [0.2, 0.25) is 0 Å². The van der Waals surface area contributed by atoms with Gasteiger partial charge in [-0.05, 0) is 30.5 Å². The average molecular weight is 259 g/mol. The molecule has 14 heavy (non-hydrogen) atoms. The topological polar surface area (TPSA) is 57.5 Å². The summed E-state index contributed by atoms with van der Waals surface area (Å²) in [5.41, 5.74) is 0.787. The summed E-state index contributed by atoms with van der Waals surface area (Å²) in [4.78, 5) is 10.3. The minimum Gasteiger partial charge on any atom is -0.508 e. The Balaban J connectivity index is 2.55. The van der Waals surface area contributed by atoms with E-state index in [0.717, 1.165) is 10.0 Å². The van der Waals surface area contributed by atoms with Gasteiger partial charge >= 0.3 is 5.97 Å². The predicted molar refractivity (Wildman–Crippen MR) is 56.4 cm³/mol. The summed E-state index contributed by atoms with van der Waals surface area (Å²) in [5, 5.41) is 17.9. The summed E-state index contributed by atoms with van der Waals surface area (Å²) >= 11 is 3.23. The Morgan fingerprint density at radius 2 is 2.14 bits per heavy atom. The number of benzene rings is 1. The van der Waals surface area contributed by atoms with Gasteiger partial charge in [0.25, 0.3) is 0 Å². The first-order valence-corrected chi connectivity index (χ1v) is 5.08. The molecule has 0 unspecified atom stereocenters. The van der Waals surface area contributed by atoms with Gasteiger partial charge in [-0.15, -0.1) is 0 Å². The monoisotopic (exact) mass is 258 g/mol. The summed E-state index contributed by atoms with van der Waals surface area (Å²) in [6, 6.07) is 5.23. The molecule has 1 aromatic carbocycles. The van der Waals surface area contributed by atoms with Gasteiger partial charge in [-0.1, -0.05) is 22.0 Å². The minimum atomic E-state index is -0.804. The van der Waals surface area contributed by atoms with Gasteiger partial charge < -0.3 is 10.2 Å². The summed E-state index contributed by atoms with van der Waals surface area (Å²) in [6.07, 6.45) is 1.27. The highest BCUT2D eigenvalue weighted by molar-refractivity contribution is 9.10. The third-order valence-corrected chi connectivity index (χ3v) is 2.38. The number of aromatic hydroxyl groups is 1. The van der Waals surface area contributed by atoms with Crippen LogP contribution in [0.15, 0.2) is 22.7 Å². The molecule has 0 spiro atoms. The van der Waals surface area contributed by atoms with Crippen molar-refractivity contribution in [3.05, 3.63) is 28.2 Å². The normalized spacial score (nSPS) is 10.1. The number of hydrogen-bond donors (Lipinski definition) is 2. The zero-order valence-corrected chi connectivity index (χ0v) is 9.12. The van der Waals surface area contributed by atoms with E-state index in [0.29, 0.717) is 12.8 Å². The molecule has 1 rings (SSSR count). The Morgan fingerprint density at radius 3 is 2.71 bits per heavy atom. The van der Waals surface area contributed by atoms with E-state index in [-0.39, 0.29) is 12.2 Å². The number of carboxylic acid groups (broad SMARTS) is 1. The maximum absolute atomic E-state index is 10.3. The maximum Gasteiger partial charge on any atom is 0.303 e. The molecule has 0 heterocycles. The van der Waals surface area contributed by atoms with Crippen molar-refractivity contribution in [3.8, 4) is 5.75 Å². The molecule has 76 valence electrons. The second kappa shape index (κ2) is 5.00.